The largest absolute Gasteiger partial charge is 0.416 e. The van der Waals surface area contributed by atoms with E-state index in [0.717, 1.165) is 11.0 Å². The molecular weight excluding hydrogens is 537 g/mol. The summed E-state index contributed by atoms with van der Waals surface area (Å²) >= 11 is 0. The highest BCUT2D eigenvalue weighted by molar-refractivity contribution is 5.81. The zero-order valence-electron chi connectivity index (χ0n) is 19.6. The predicted octanol–water partition coefficient (Wildman–Crippen LogP) is 4.55. The average Bonchev–Trinajstić information content (AvgIpc) is 2.83. The van der Waals surface area contributed by atoms with Gasteiger partial charge in [-0.25, -0.2) is 13.9 Å². The van der Waals surface area contributed by atoms with Crippen LogP contribution in [0, 0.1) is 17.1 Å². The Balaban J connectivity index is 2.20. The summed E-state index contributed by atoms with van der Waals surface area (Å²) in [4.78, 5) is 26.3. The number of nitrogens with two attached hydrogens (primary N) is 2. The number of fused-ring (bicyclic) bond motifs is 1. The van der Waals surface area contributed by atoms with Crippen molar-refractivity contribution in [2.45, 2.75) is 19.3 Å². The van der Waals surface area contributed by atoms with Crippen molar-refractivity contribution in [1.82, 2.24) is 19.5 Å². The van der Waals surface area contributed by atoms with E-state index >= 15 is 0 Å². The molecule has 0 aliphatic rings. The maximum atomic E-state index is 14.7. The van der Waals surface area contributed by atoms with E-state index < -0.39 is 63.6 Å². The molecule has 16 heteroatoms. The predicted molar refractivity (Wildman–Crippen MR) is 126 cm³/mol. The van der Waals surface area contributed by atoms with Gasteiger partial charge in [-0.15, -0.1) is 0 Å². The standard InChI is InChI=1S/C23H15F7N8O/c1-2-37(18-13(9-31)17(32)35-20(33)36-18)21-34-15-5-3-4-14(24)16(15)19(39)38(21)12-7-10(22(25,26)27)6-11(8-12)23(28,29)30/h3-8H,2H2,1H3,(H4,32,33,35,36). The maximum Gasteiger partial charge on any atom is 0.416 e. The molecule has 0 atom stereocenters. The van der Waals surface area contributed by atoms with Crippen LogP contribution in [0.3, 0.4) is 0 Å². The monoisotopic (exact) mass is 552 g/mol. The Kier molecular flexibility index (Phi) is 6.55. The molecule has 202 valence electrons. The van der Waals surface area contributed by atoms with Gasteiger partial charge in [0.2, 0.25) is 11.9 Å². The van der Waals surface area contributed by atoms with Crippen LogP contribution in [0.1, 0.15) is 23.6 Å². The Morgan fingerprint density at radius 1 is 1.00 bits per heavy atom. The highest BCUT2D eigenvalue weighted by Crippen LogP contribution is 2.38. The van der Waals surface area contributed by atoms with Gasteiger partial charge in [-0.3, -0.25) is 9.69 Å². The van der Waals surface area contributed by atoms with E-state index in [1.165, 1.54) is 19.1 Å². The second kappa shape index (κ2) is 9.42. The van der Waals surface area contributed by atoms with Gasteiger partial charge in [0, 0.05) is 6.54 Å². The zero-order chi connectivity index (χ0) is 28.9. The number of rotatable bonds is 4. The minimum atomic E-state index is -5.25. The van der Waals surface area contributed by atoms with Crippen molar-refractivity contribution in [3.63, 3.8) is 0 Å². The molecule has 9 nitrogen and oxygen atoms in total. The second-order valence-corrected chi connectivity index (χ2v) is 7.97. The molecule has 0 saturated carbocycles. The lowest BCUT2D eigenvalue weighted by Crippen LogP contribution is -2.31. The molecule has 2 aromatic heterocycles. The second-order valence-electron chi connectivity index (χ2n) is 7.97. The Morgan fingerprint density at radius 3 is 2.15 bits per heavy atom. The summed E-state index contributed by atoms with van der Waals surface area (Å²) in [5.41, 5.74) is 5.06. The van der Waals surface area contributed by atoms with Crippen molar-refractivity contribution in [2.75, 3.05) is 22.9 Å². The lowest BCUT2D eigenvalue weighted by Gasteiger charge is -2.26. The van der Waals surface area contributed by atoms with Crippen LogP contribution in [0.25, 0.3) is 16.6 Å². The molecule has 0 bridgehead atoms. The fourth-order valence-corrected chi connectivity index (χ4v) is 3.83. The number of nitriles is 1. The summed E-state index contributed by atoms with van der Waals surface area (Å²) in [7, 11) is 0. The lowest BCUT2D eigenvalue weighted by molar-refractivity contribution is -0.143. The van der Waals surface area contributed by atoms with Crippen LogP contribution >= 0.6 is 0 Å². The fraction of sp³-hybridized carbons (Fsp3) is 0.174. The van der Waals surface area contributed by atoms with E-state index in [1.807, 2.05) is 0 Å². The molecule has 2 heterocycles. The highest BCUT2D eigenvalue weighted by atomic mass is 19.4. The summed E-state index contributed by atoms with van der Waals surface area (Å²) in [6.07, 6.45) is -10.5. The minimum absolute atomic E-state index is 0.125. The molecule has 4 N–H and O–H groups in total. The summed E-state index contributed by atoms with van der Waals surface area (Å²) in [6.45, 7) is 1.25. The third-order valence-corrected chi connectivity index (χ3v) is 5.52. The van der Waals surface area contributed by atoms with Gasteiger partial charge < -0.3 is 11.5 Å². The molecule has 0 fully saturated rings. The van der Waals surface area contributed by atoms with Crippen molar-refractivity contribution in [3.05, 3.63) is 69.3 Å². The van der Waals surface area contributed by atoms with Crippen LogP contribution in [0.5, 0.6) is 0 Å². The van der Waals surface area contributed by atoms with Crippen LogP contribution in [-0.2, 0) is 12.4 Å². The Morgan fingerprint density at radius 2 is 1.62 bits per heavy atom. The zero-order valence-corrected chi connectivity index (χ0v) is 19.6. The molecule has 0 unspecified atom stereocenters. The maximum absolute atomic E-state index is 14.7. The molecule has 0 spiro atoms. The summed E-state index contributed by atoms with van der Waals surface area (Å²) in [6, 6.07) is 5.47. The van der Waals surface area contributed by atoms with E-state index in [2.05, 4.69) is 15.0 Å². The third kappa shape index (κ3) is 4.85. The third-order valence-electron chi connectivity index (χ3n) is 5.52. The van der Waals surface area contributed by atoms with Crippen molar-refractivity contribution >= 4 is 34.4 Å². The van der Waals surface area contributed by atoms with E-state index in [9.17, 15) is 40.8 Å². The highest BCUT2D eigenvalue weighted by Gasteiger charge is 2.38. The first-order valence-corrected chi connectivity index (χ1v) is 10.8. The van der Waals surface area contributed by atoms with Gasteiger partial charge in [0.05, 0.1) is 22.3 Å². The Hall–Kier alpha value is -4.94. The summed E-state index contributed by atoms with van der Waals surface area (Å²) in [5.74, 6) is -2.88. The number of halogens is 7. The number of benzene rings is 2. The quantitative estimate of drug-likeness (QED) is 0.352. The molecule has 2 aromatic carbocycles. The Bertz CT molecular complexity index is 1670. The first kappa shape index (κ1) is 27.1. The first-order valence-electron chi connectivity index (χ1n) is 10.8. The normalized spacial score (nSPS) is 12.0. The smallest absolute Gasteiger partial charge is 0.382 e. The number of hydrogen-bond acceptors (Lipinski definition) is 8. The van der Waals surface area contributed by atoms with Gasteiger partial charge >= 0.3 is 12.4 Å². The summed E-state index contributed by atoms with van der Waals surface area (Å²) < 4.78 is 96.8. The number of nitrogen functional groups attached to an aromatic ring is 2. The number of anilines is 4. The molecule has 0 aliphatic heterocycles. The molecule has 4 aromatic rings. The van der Waals surface area contributed by atoms with E-state index in [1.54, 1.807) is 6.07 Å². The fourth-order valence-electron chi connectivity index (χ4n) is 3.83. The van der Waals surface area contributed by atoms with E-state index in [4.69, 9.17) is 11.5 Å². The van der Waals surface area contributed by atoms with Gasteiger partial charge in [0.1, 0.15) is 28.7 Å². The Labute approximate surface area is 213 Å². The molecule has 0 amide bonds. The molecule has 0 aliphatic carbocycles. The van der Waals surface area contributed by atoms with Crippen LogP contribution < -0.4 is 21.9 Å². The minimum Gasteiger partial charge on any atom is -0.382 e. The van der Waals surface area contributed by atoms with E-state index in [-0.39, 0.29) is 41.6 Å². The van der Waals surface area contributed by atoms with Crippen molar-refractivity contribution in [1.29, 1.82) is 5.26 Å². The van der Waals surface area contributed by atoms with Crippen molar-refractivity contribution < 1.29 is 30.7 Å². The van der Waals surface area contributed by atoms with Crippen molar-refractivity contribution in [2.24, 2.45) is 0 Å². The first-order chi connectivity index (χ1) is 18.2. The van der Waals surface area contributed by atoms with Crippen LogP contribution in [0.4, 0.5) is 54.3 Å². The lowest BCUT2D eigenvalue weighted by atomic mass is 10.1. The molecule has 4 rings (SSSR count). The molecular formula is C23H15F7N8O. The van der Waals surface area contributed by atoms with E-state index in [0.29, 0.717) is 4.57 Å². The van der Waals surface area contributed by atoms with Crippen LogP contribution in [0.2, 0.25) is 0 Å². The van der Waals surface area contributed by atoms with Gasteiger partial charge in [-0.05, 0) is 37.3 Å². The van der Waals surface area contributed by atoms with Gasteiger partial charge in [-0.1, -0.05) is 6.07 Å². The molecule has 0 saturated heterocycles. The van der Waals surface area contributed by atoms with Crippen LogP contribution in [-0.4, -0.2) is 26.1 Å². The summed E-state index contributed by atoms with van der Waals surface area (Å²) in [5, 5.41) is 8.91. The molecule has 0 radical (unpaired) electrons. The van der Waals surface area contributed by atoms with Gasteiger partial charge in [0.25, 0.3) is 5.56 Å². The number of alkyl halides is 6. The number of hydrogen-bond donors (Lipinski definition) is 2. The SMILES string of the molecule is CCN(c1nc(N)nc(N)c1C#N)c1nc2cccc(F)c2c(=O)n1-c1cc(C(F)(F)F)cc(C(F)(F)F)c1. The number of aromatic nitrogens is 4. The molecule has 39 heavy (non-hydrogen) atoms. The van der Waals surface area contributed by atoms with Crippen LogP contribution in [0.15, 0.2) is 41.2 Å². The van der Waals surface area contributed by atoms with Crippen molar-refractivity contribution in [3.8, 4) is 11.8 Å². The topological polar surface area (TPSA) is 140 Å². The average molecular weight is 552 g/mol. The number of nitrogens with zero attached hydrogens (tertiary/aromatic N) is 6. The van der Waals surface area contributed by atoms with Gasteiger partial charge in [0.15, 0.2) is 5.82 Å². The van der Waals surface area contributed by atoms with Gasteiger partial charge in [-0.2, -0.15) is 41.6 Å².